The maximum Gasteiger partial charge on any atom is 0.324 e. The third kappa shape index (κ3) is 5.16. The Balaban J connectivity index is 0.000000659. The molecule has 1 saturated heterocycles. The van der Waals surface area contributed by atoms with Gasteiger partial charge >= 0.3 is 8.69 Å². The lowest BCUT2D eigenvalue weighted by molar-refractivity contribution is 0.173. The molecule has 0 bridgehead atoms. The fourth-order valence-electron chi connectivity index (χ4n) is 3.42. The van der Waals surface area contributed by atoms with Gasteiger partial charge in [-0.25, -0.2) is 8.96 Å². The van der Waals surface area contributed by atoms with Gasteiger partial charge in [-0.05, 0) is 48.7 Å². The second kappa shape index (κ2) is 9.65. The number of fused-ring (bicyclic) bond motifs is 1. The topological polar surface area (TPSA) is 77.0 Å². The van der Waals surface area contributed by atoms with Crippen LogP contribution in [-0.4, -0.2) is 31.4 Å². The fraction of sp³-hybridized carbons (Fsp3) is 0.368. The summed E-state index contributed by atoms with van der Waals surface area (Å²) in [6, 6.07) is 12.5. The van der Waals surface area contributed by atoms with Crippen LogP contribution in [0.25, 0.3) is 0 Å². The van der Waals surface area contributed by atoms with E-state index in [2.05, 4.69) is 5.32 Å². The average molecular weight is 393 g/mol. The molecule has 0 spiro atoms. The number of piperidine rings is 1. The summed E-state index contributed by atoms with van der Waals surface area (Å²) in [6.07, 6.45) is 1.03. The van der Waals surface area contributed by atoms with Crippen LogP contribution in [0.3, 0.4) is 0 Å². The minimum atomic E-state index is -0.833. The second-order valence-electron chi connectivity index (χ2n) is 6.32. The van der Waals surface area contributed by atoms with E-state index in [1.807, 2.05) is 30.3 Å². The van der Waals surface area contributed by atoms with Gasteiger partial charge in [0.2, 0.25) is 6.79 Å². The molecule has 2 heterocycles. The van der Waals surface area contributed by atoms with Gasteiger partial charge in [-0.2, -0.15) is 0 Å². The predicted octanol–water partition coefficient (Wildman–Crippen LogP) is 3.51. The number of benzene rings is 2. The monoisotopic (exact) mass is 393 g/mol. The van der Waals surface area contributed by atoms with Crippen LogP contribution in [0.4, 0.5) is 4.39 Å². The van der Waals surface area contributed by atoms with Crippen LogP contribution in [0, 0.1) is 11.7 Å². The van der Waals surface area contributed by atoms with Crippen LogP contribution in [0.5, 0.6) is 17.2 Å². The van der Waals surface area contributed by atoms with Crippen LogP contribution in [0.2, 0.25) is 0 Å². The predicted molar refractivity (Wildman–Crippen MR) is 98.0 cm³/mol. The zero-order chi connectivity index (χ0) is 19.1. The molecule has 1 fully saturated rings. The van der Waals surface area contributed by atoms with Crippen LogP contribution >= 0.6 is 8.69 Å². The normalized spacial score (nSPS) is 20.7. The summed E-state index contributed by atoms with van der Waals surface area (Å²) in [5, 5.41) is 3.43. The van der Waals surface area contributed by atoms with E-state index in [0.717, 1.165) is 36.8 Å². The summed E-state index contributed by atoms with van der Waals surface area (Å²) in [7, 11) is -0.833. The summed E-state index contributed by atoms with van der Waals surface area (Å²) in [5.41, 5.74) is 1.18. The van der Waals surface area contributed by atoms with E-state index < -0.39 is 8.69 Å². The number of hydrogen-bond donors (Lipinski definition) is 2. The summed E-state index contributed by atoms with van der Waals surface area (Å²) >= 11 is 0. The molecule has 0 unspecified atom stereocenters. The summed E-state index contributed by atoms with van der Waals surface area (Å²) in [6.45, 7) is 2.74. The van der Waals surface area contributed by atoms with Crippen molar-refractivity contribution in [2.45, 2.75) is 12.3 Å². The maximum atomic E-state index is 13.2. The molecule has 2 aliphatic heterocycles. The lowest BCUT2D eigenvalue weighted by Crippen LogP contribution is -2.38. The molecule has 2 atom stereocenters. The Kier molecular flexibility index (Phi) is 6.98. The van der Waals surface area contributed by atoms with Gasteiger partial charge in [0.05, 0.1) is 6.61 Å². The lowest BCUT2D eigenvalue weighted by atomic mass is 9.81. The van der Waals surface area contributed by atoms with Crippen molar-refractivity contribution >= 4 is 8.69 Å². The van der Waals surface area contributed by atoms with Crippen molar-refractivity contribution in [3.63, 3.8) is 0 Å². The first-order valence-corrected chi connectivity index (χ1v) is 9.43. The van der Waals surface area contributed by atoms with Crippen molar-refractivity contribution in [3.8, 4) is 17.2 Å². The Morgan fingerprint density at radius 1 is 1.19 bits per heavy atom. The highest BCUT2D eigenvalue weighted by Gasteiger charge is 2.27. The molecule has 8 heteroatoms. The number of rotatable bonds is 4. The molecule has 4 rings (SSSR count). The summed E-state index contributed by atoms with van der Waals surface area (Å²) < 4.78 is 38.3. The SMILES string of the molecule is Fc1ccc([C@@H]2CCNC[C@H]2COc2ccc3c(c2)OCO3)cc1.O=PO. The van der Waals surface area contributed by atoms with Crippen molar-refractivity contribution in [2.24, 2.45) is 5.92 Å². The van der Waals surface area contributed by atoms with E-state index in [9.17, 15) is 4.39 Å². The van der Waals surface area contributed by atoms with Crippen molar-refractivity contribution in [1.82, 2.24) is 5.32 Å². The highest BCUT2D eigenvalue weighted by Crippen LogP contribution is 2.36. The largest absolute Gasteiger partial charge is 0.493 e. The Bertz CT molecular complexity index is 758. The van der Waals surface area contributed by atoms with Gasteiger partial charge in [0.25, 0.3) is 0 Å². The molecule has 2 aromatic rings. The van der Waals surface area contributed by atoms with Crippen molar-refractivity contribution in [3.05, 3.63) is 53.8 Å². The molecule has 2 aliphatic rings. The van der Waals surface area contributed by atoms with E-state index in [0.29, 0.717) is 18.4 Å². The molecule has 6 nitrogen and oxygen atoms in total. The van der Waals surface area contributed by atoms with Crippen molar-refractivity contribution in [2.75, 3.05) is 26.5 Å². The van der Waals surface area contributed by atoms with Gasteiger partial charge in [-0.15, -0.1) is 0 Å². The van der Waals surface area contributed by atoms with Gasteiger partial charge in [0, 0.05) is 18.5 Å². The molecule has 27 heavy (non-hydrogen) atoms. The summed E-state index contributed by atoms with van der Waals surface area (Å²) in [5.74, 6) is 2.79. The number of ether oxygens (including phenoxy) is 3. The Morgan fingerprint density at radius 3 is 2.70 bits per heavy atom. The highest BCUT2D eigenvalue weighted by molar-refractivity contribution is 7.16. The van der Waals surface area contributed by atoms with Crippen LogP contribution in [0.15, 0.2) is 42.5 Å². The van der Waals surface area contributed by atoms with E-state index in [4.69, 9.17) is 23.7 Å². The molecule has 2 aromatic carbocycles. The van der Waals surface area contributed by atoms with Gasteiger partial charge in [-0.3, -0.25) is 0 Å². The molecule has 0 saturated carbocycles. The Labute approximate surface area is 158 Å². The van der Waals surface area contributed by atoms with E-state index in [1.165, 1.54) is 17.7 Å². The van der Waals surface area contributed by atoms with Gasteiger partial charge in [-0.1, -0.05) is 12.1 Å². The Hall–Kier alpha value is -2.21. The molecule has 0 amide bonds. The third-order valence-electron chi connectivity index (χ3n) is 4.71. The van der Waals surface area contributed by atoms with Crippen molar-refractivity contribution < 1.29 is 28.1 Å². The highest BCUT2D eigenvalue weighted by atomic mass is 31.1. The molecular formula is C19H21FNO5P. The quantitative estimate of drug-likeness (QED) is 0.775. The zero-order valence-electron chi connectivity index (χ0n) is 14.6. The van der Waals surface area contributed by atoms with Crippen LogP contribution in [-0.2, 0) is 4.57 Å². The second-order valence-corrected chi connectivity index (χ2v) is 6.48. The number of halogens is 1. The average Bonchev–Trinajstić information content (AvgIpc) is 3.16. The standard InChI is InChI=1S/C19H20FNO3.HO2P/c20-15-3-1-13(2-4-15)17-7-8-21-10-14(17)11-22-16-5-6-18-19(9-16)24-12-23-18;1-3-2/h1-6,9,14,17,21H,7-8,10-12H2;(H,1,2)/t14-,17-;/m0./s1. The molecule has 144 valence electrons. The number of hydrogen-bond acceptors (Lipinski definition) is 5. The molecule has 2 N–H and O–H groups in total. The number of nitrogens with one attached hydrogen (secondary N) is 1. The molecule has 0 aliphatic carbocycles. The van der Waals surface area contributed by atoms with E-state index >= 15 is 0 Å². The first-order valence-electron chi connectivity index (χ1n) is 8.66. The van der Waals surface area contributed by atoms with Crippen molar-refractivity contribution in [1.29, 1.82) is 0 Å². The smallest absolute Gasteiger partial charge is 0.324 e. The first kappa shape index (κ1) is 19.5. The maximum absolute atomic E-state index is 13.2. The van der Waals surface area contributed by atoms with Gasteiger partial charge in [0.1, 0.15) is 11.6 Å². The molecular weight excluding hydrogens is 372 g/mol. The van der Waals surface area contributed by atoms with Crippen LogP contribution in [0.1, 0.15) is 17.9 Å². The third-order valence-corrected chi connectivity index (χ3v) is 4.71. The minimum absolute atomic E-state index is 0.194. The lowest BCUT2D eigenvalue weighted by Gasteiger charge is -2.32. The van der Waals surface area contributed by atoms with E-state index in [1.54, 1.807) is 0 Å². The Morgan fingerprint density at radius 2 is 1.93 bits per heavy atom. The van der Waals surface area contributed by atoms with Crippen LogP contribution < -0.4 is 19.5 Å². The zero-order valence-corrected chi connectivity index (χ0v) is 15.5. The van der Waals surface area contributed by atoms with Gasteiger partial charge in [0.15, 0.2) is 11.5 Å². The van der Waals surface area contributed by atoms with E-state index in [-0.39, 0.29) is 12.6 Å². The fourth-order valence-corrected chi connectivity index (χ4v) is 3.42. The molecule has 0 aromatic heterocycles. The summed E-state index contributed by atoms with van der Waals surface area (Å²) in [4.78, 5) is 6.99. The first-order chi connectivity index (χ1) is 13.2. The van der Waals surface area contributed by atoms with Gasteiger partial charge < -0.3 is 24.4 Å². The minimum Gasteiger partial charge on any atom is -0.493 e. The molecule has 0 radical (unpaired) electrons.